The van der Waals surface area contributed by atoms with Crippen LogP contribution in [0.2, 0.25) is 0 Å². The predicted octanol–water partition coefficient (Wildman–Crippen LogP) is -5.88. The van der Waals surface area contributed by atoms with E-state index in [0.29, 0.717) is 0 Å². The topological polar surface area (TPSA) is 223 Å². The maximum Gasteiger partial charge on any atom is 0.340 e. The van der Waals surface area contributed by atoms with Crippen molar-refractivity contribution in [3.05, 3.63) is 0 Å². The highest BCUT2D eigenvalue weighted by Gasteiger charge is 2.47. The van der Waals surface area contributed by atoms with Gasteiger partial charge >= 0.3 is 5.97 Å². The molecule has 1 heterocycles. The number of aliphatic hydroxyl groups excluding tert-OH is 7. The molecule has 0 saturated carbocycles. The van der Waals surface area contributed by atoms with Crippen LogP contribution in [0.15, 0.2) is 0 Å². The van der Waals surface area contributed by atoms with Gasteiger partial charge in [-0.05, 0) is 0 Å². The molecule has 1 fully saturated rings. The van der Waals surface area contributed by atoms with Crippen LogP contribution in [-0.4, -0.2) is 116 Å². The highest BCUT2D eigenvalue weighted by atomic mass is 16.7. The predicted molar refractivity (Wildman–Crippen MR) is 81.5 cm³/mol. The minimum absolute atomic E-state index is 0.132. The molecular weight excluding hydrogens is 374 g/mol. The Kier molecular flexibility index (Phi) is 8.64. The number of hydrogen-bond donors (Lipinski definition) is 8. The zero-order valence-electron chi connectivity index (χ0n) is 14.2. The molecule has 0 aromatic rings. The van der Waals surface area contributed by atoms with E-state index in [1.165, 1.54) is 0 Å². The number of rotatable bonds is 8. The molecule has 0 radical (unpaired) electrons. The van der Waals surface area contributed by atoms with E-state index in [1.807, 2.05) is 0 Å². The van der Waals surface area contributed by atoms with Crippen molar-refractivity contribution in [3.8, 4) is 0 Å². The molecule has 0 aromatic heterocycles. The van der Waals surface area contributed by atoms with Crippen molar-refractivity contribution in [3.63, 3.8) is 0 Å². The molecular formula is C14H23NO12. The van der Waals surface area contributed by atoms with Gasteiger partial charge in [0.2, 0.25) is 12.2 Å². The van der Waals surface area contributed by atoms with Crippen molar-refractivity contribution in [2.75, 3.05) is 6.61 Å². The molecule has 8 N–H and O–H groups in total. The van der Waals surface area contributed by atoms with Gasteiger partial charge in [-0.15, -0.1) is 0 Å². The summed E-state index contributed by atoms with van der Waals surface area (Å²) in [5.74, 6) is -2.29. The minimum Gasteiger partial charge on any atom is -0.431 e. The molecule has 27 heavy (non-hydrogen) atoms. The third-order valence-corrected chi connectivity index (χ3v) is 3.89. The van der Waals surface area contributed by atoms with Crippen molar-refractivity contribution in [2.45, 2.75) is 62.0 Å². The smallest absolute Gasteiger partial charge is 0.340 e. The Labute approximate surface area is 152 Å². The van der Waals surface area contributed by atoms with Crippen LogP contribution < -0.4 is 5.32 Å². The summed E-state index contributed by atoms with van der Waals surface area (Å²) >= 11 is 0. The summed E-state index contributed by atoms with van der Waals surface area (Å²) in [6, 6.07) is -1.49. The lowest BCUT2D eigenvalue weighted by molar-refractivity contribution is -0.268. The van der Waals surface area contributed by atoms with Crippen molar-refractivity contribution >= 4 is 18.2 Å². The molecule has 1 rings (SSSR count). The molecule has 1 amide bonds. The van der Waals surface area contributed by atoms with E-state index in [4.69, 9.17) is 19.7 Å². The largest absolute Gasteiger partial charge is 0.431 e. The standard InChI is InChI=1S/C14H23NO12/c1-4(18)15-7-10(22)9(21)6(3-17)26-14(7)27-13(25)12(24)11(23)8(20)5(19)2-16/h2,5-12,14,17,19-24H,3H2,1H3,(H,15,18)/t5?,6-,7-,8?,9-,10-,11?,12?,14?/m1/s1. The van der Waals surface area contributed by atoms with Gasteiger partial charge in [0.1, 0.15) is 42.7 Å². The van der Waals surface area contributed by atoms with Crippen LogP contribution >= 0.6 is 0 Å². The molecule has 0 aromatic carbocycles. The molecule has 1 aliphatic rings. The number of ether oxygens (including phenoxy) is 2. The van der Waals surface area contributed by atoms with Crippen molar-refractivity contribution in [2.24, 2.45) is 0 Å². The Bertz CT molecular complexity index is 530. The first-order chi connectivity index (χ1) is 12.5. The fourth-order valence-corrected chi connectivity index (χ4v) is 2.36. The zero-order chi connectivity index (χ0) is 20.9. The van der Waals surface area contributed by atoms with Gasteiger partial charge in [-0.2, -0.15) is 0 Å². The number of esters is 1. The number of aliphatic hydroxyl groups is 7. The van der Waals surface area contributed by atoms with E-state index < -0.39 is 73.5 Å². The number of aldehydes is 1. The molecule has 1 aliphatic heterocycles. The van der Waals surface area contributed by atoms with E-state index in [0.717, 1.165) is 6.92 Å². The Balaban J connectivity index is 2.91. The van der Waals surface area contributed by atoms with E-state index in [2.05, 4.69) is 5.32 Å². The van der Waals surface area contributed by atoms with Crippen LogP contribution in [0.25, 0.3) is 0 Å². The molecule has 9 atom stereocenters. The molecule has 0 spiro atoms. The quantitative estimate of drug-likeness (QED) is 0.142. The summed E-state index contributed by atoms with van der Waals surface area (Å²) in [6.45, 7) is 0.278. The number of carbonyl (C=O) groups is 3. The average Bonchev–Trinajstić information content (AvgIpc) is 2.64. The molecule has 0 aliphatic carbocycles. The first kappa shape index (κ1) is 23.3. The van der Waals surface area contributed by atoms with E-state index in [1.54, 1.807) is 0 Å². The van der Waals surface area contributed by atoms with Gasteiger partial charge in [0.25, 0.3) is 0 Å². The lowest BCUT2D eigenvalue weighted by Crippen LogP contribution is -2.65. The first-order valence-electron chi connectivity index (χ1n) is 7.82. The third-order valence-electron chi connectivity index (χ3n) is 3.89. The minimum atomic E-state index is -2.44. The normalized spacial score (nSPS) is 32.7. The molecule has 1 saturated heterocycles. The zero-order valence-corrected chi connectivity index (χ0v) is 14.2. The Hall–Kier alpha value is -1.71. The molecule has 13 nitrogen and oxygen atoms in total. The van der Waals surface area contributed by atoms with Gasteiger partial charge in [0.15, 0.2) is 12.4 Å². The van der Waals surface area contributed by atoms with E-state index >= 15 is 0 Å². The highest BCUT2D eigenvalue weighted by Crippen LogP contribution is 2.23. The maximum atomic E-state index is 12.0. The lowest BCUT2D eigenvalue weighted by atomic mass is 9.97. The Morgan fingerprint density at radius 2 is 1.74 bits per heavy atom. The van der Waals surface area contributed by atoms with Crippen molar-refractivity contribution in [1.82, 2.24) is 5.32 Å². The summed E-state index contributed by atoms with van der Waals surface area (Å²) in [7, 11) is 0. The van der Waals surface area contributed by atoms with E-state index in [-0.39, 0.29) is 6.29 Å². The third kappa shape index (κ3) is 5.63. The van der Waals surface area contributed by atoms with Gasteiger partial charge in [-0.3, -0.25) is 4.79 Å². The first-order valence-corrected chi connectivity index (χ1v) is 7.82. The molecule has 13 heteroatoms. The van der Waals surface area contributed by atoms with Crippen LogP contribution in [0.1, 0.15) is 6.92 Å². The SMILES string of the molecule is CC(=O)N[C@H]1C(OC(=O)C(O)C(O)C(O)C(O)C=O)O[C@H](CO)[C@@H](O)[C@@H]1O. The fraction of sp³-hybridized carbons (Fsp3) is 0.786. The van der Waals surface area contributed by atoms with Crippen molar-refractivity contribution in [1.29, 1.82) is 0 Å². The highest BCUT2D eigenvalue weighted by molar-refractivity contribution is 5.76. The molecule has 156 valence electrons. The summed E-state index contributed by atoms with van der Waals surface area (Å²) < 4.78 is 9.84. The number of hydrogen-bond acceptors (Lipinski definition) is 12. The molecule has 0 bridgehead atoms. The fourth-order valence-electron chi connectivity index (χ4n) is 2.36. The van der Waals surface area contributed by atoms with Crippen LogP contribution in [0.3, 0.4) is 0 Å². The monoisotopic (exact) mass is 397 g/mol. The Morgan fingerprint density at radius 1 is 1.15 bits per heavy atom. The van der Waals surface area contributed by atoms with Crippen LogP contribution in [0, 0.1) is 0 Å². The summed E-state index contributed by atoms with van der Waals surface area (Å²) in [6.07, 6.45) is -15.7. The van der Waals surface area contributed by atoms with Gasteiger partial charge in [-0.1, -0.05) is 0 Å². The lowest BCUT2D eigenvalue weighted by Gasteiger charge is -2.41. The Morgan fingerprint density at radius 3 is 2.22 bits per heavy atom. The second-order valence-corrected chi connectivity index (χ2v) is 5.92. The van der Waals surface area contributed by atoms with Gasteiger partial charge in [-0.25, -0.2) is 4.79 Å². The van der Waals surface area contributed by atoms with Gasteiger partial charge < -0.3 is 55.3 Å². The van der Waals surface area contributed by atoms with E-state index in [9.17, 15) is 39.9 Å². The second-order valence-electron chi connectivity index (χ2n) is 5.92. The summed E-state index contributed by atoms with van der Waals surface area (Å²) in [5.41, 5.74) is 0. The van der Waals surface area contributed by atoms with Crippen LogP contribution in [0.5, 0.6) is 0 Å². The van der Waals surface area contributed by atoms with Gasteiger partial charge in [0.05, 0.1) is 6.61 Å². The van der Waals surface area contributed by atoms with Crippen LogP contribution in [-0.2, 0) is 23.9 Å². The molecule has 5 unspecified atom stereocenters. The number of amides is 1. The maximum absolute atomic E-state index is 12.0. The van der Waals surface area contributed by atoms with Crippen molar-refractivity contribution < 1.29 is 59.6 Å². The summed E-state index contributed by atoms with van der Waals surface area (Å²) in [4.78, 5) is 33.6. The second kappa shape index (κ2) is 10.0. The number of carbonyl (C=O) groups excluding carboxylic acids is 3. The number of nitrogens with one attached hydrogen (secondary N) is 1. The average molecular weight is 397 g/mol. The summed E-state index contributed by atoms with van der Waals surface area (Å²) in [5, 5.41) is 69.1. The van der Waals surface area contributed by atoms with Gasteiger partial charge in [0, 0.05) is 6.92 Å². The van der Waals surface area contributed by atoms with Crippen LogP contribution in [0.4, 0.5) is 0 Å².